The summed E-state index contributed by atoms with van der Waals surface area (Å²) in [6.07, 6.45) is 4.94. The highest BCUT2D eigenvalue weighted by Crippen LogP contribution is 2.24. The van der Waals surface area contributed by atoms with E-state index < -0.39 is 17.5 Å². The molecule has 0 aromatic rings. The normalized spacial score (nSPS) is 12.8. The van der Waals surface area contributed by atoms with Gasteiger partial charge in [0.15, 0.2) is 0 Å². The number of hydrogen-bond donors (Lipinski definition) is 1. The number of carboxylic acid groups (broad SMARTS) is 1. The molecular weight excluding hydrogens is 268 g/mol. The first kappa shape index (κ1) is 19.7. The van der Waals surface area contributed by atoms with Crippen molar-refractivity contribution >= 4 is 11.9 Å². The second-order valence-electron chi connectivity index (χ2n) is 6.02. The van der Waals surface area contributed by atoms with Crippen LogP contribution in [-0.4, -0.2) is 22.6 Å². The van der Waals surface area contributed by atoms with Crippen molar-refractivity contribution in [3.8, 4) is 0 Å². The number of esters is 1. The molecule has 0 aliphatic carbocycles. The van der Waals surface area contributed by atoms with E-state index in [9.17, 15) is 14.7 Å². The fourth-order valence-electron chi connectivity index (χ4n) is 2.33. The summed E-state index contributed by atoms with van der Waals surface area (Å²) in [5.41, 5.74) is -0.00214. The van der Waals surface area contributed by atoms with E-state index in [4.69, 9.17) is 4.74 Å². The lowest BCUT2D eigenvalue weighted by Crippen LogP contribution is -2.29. The van der Waals surface area contributed by atoms with Gasteiger partial charge in [0.2, 0.25) is 0 Å². The molecule has 0 atom stereocenters. The third-order valence-corrected chi connectivity index (χ3v) is 3.37. The summed E-state index contributed by atoms with van der Waals surface area (Å²) in [6, 6.07) is 0. The molecule has 0 fully saturated rings. The van der Waals surface area contributed by atoms with E-state index in [-0.39, 0.29) is 5.57 Å². The highest BCUT2D eigenvalue weighted by atomic mass is 16.6. The van der Waals surface area contributed by atoms with Gasteiger partial charge in [0.05, 0.1) is 0 Å². The molecule has 21 heavy (non-hydrogen) atoms. The Balaban J connectivity index is 5.34. The van der Waals surface area contributed by atoms with Crippen molar-refractivity contribution in [3.63, 3.8) is 0 Å². The number of rotatable bonds is 10. The van der Waals surface area contributed by atoms with E-state index >= 15 is 0 Å². The molecule has 0 saturated heterocycles. The summed E-state index contributed by atoms with van der Waals surface area (Å²) in [5.74, 6) is -1.47. The Kier molecular flexibility index (Phi) is 8.98. The lowest BCUT2D eigenvalue weighted by Gasteiger charge is -2.25. The molecule has 0 aliphatic rings. The molecule has 0 unspecified atom stereocenters. The lowest BCUT2D eigenvalue weighted by molar-refractivity contribution is -0.153. The topological polar surface area (TPSA) is 63.6 Å². The van der Waals surface area contributed by atoms with Gasteiger partial charge in [-0.2, -0.15) is 0 Å². The standard InChI is InChI=1S/C17H30O4/c1-6-9-11-14(13(10-7-2)15(18)19)16(20)21-17(4,5)12-8-3/h6-12H2,1-5H3,(H,18,19)/b14-13-. The molecule has 0 bridgehead atoms. The van der Waals surface area contributed by atoms with Crippen molar-refractivity contribution in [1.29, 1.82) is 0 Å². The predicted octanol–water partition coefficient (Wildman–Crippen LogP) is 4.48. The summed E-state index contributed by atoms with van der Waals surface area (Å²) in [6.45, 7) is 9.69. The first-order valence-corrected chi connectivity index (χ1v) is 7.97. The zero-order valence-corrected chi connectivity index (χ0v) is 14.1. The third kappa shape index (κ3) is 7.30. The van der Waals surface area contributed by atoms with Crippen LogP contribution in [-0.2, 0) is 14.3 Å². The van der Waals surface area contributed by atoms with Gasteiger partial charge in [-0.25, -0.2) is 9.59 Å². The maximum Gasteiger partial charge on any atom is 0.335 e. The molecule has 0 aromatic heterocycles. The van der Waals surface area contributed by atoms with Gasteiger partial charge in [-0.05, 0) is 39.5 Å². The Morgan fingerprint density at radius 2 is 1.57 bits per heavy atom. The molecule has 0 spiro atoms. The molecule has 0 aliphatic heterocycles. The number of hydrogen-bond acceptors (Lipinski definition) is 3. The molecular formula is C17H30O4. The highest BCUT2D eigenvalue weighted by molar-refractivity contribution is 5.99. The van der Waals surface area contributed by atoms with E-state index in [0.29, 0.717) is 24.8 Å². The molecule has 0 aromatic carbocycles. The number of carbonyl (C=O) groups excluding carboxylic acids is 1. The van der Waals surface area contributed by atoms with Crippen LogP contribution in [0.1, 0.15) is 79.6 Å². The summed E-state index contributed by atoms with van der Waals surface area (Å²) < 4.78 is 5.55. The molecule has 4 heteroatoms. The summed E-state index contributed by atoms with van der Waals surface area (Å²) in [5, 5.41) is 9.36. The van der Waals surface area contributed by atoms with Crippen LogP contribution in [0.3, 0.4) is 0 Å². The maximum absolute atomic E-state index is 12.4. The Bertz CT molecular complexity index is 380. The highest BCUT2D eigenvalue weighted by Gasteiger charge is 2.27. The average Bonchev–Trinajstić information content (AvgIpc) is 2.36. The van der Waals surface area contributed by atoms with E-state index in [1.54, 1.807) is 0 Å². The second kappa shape index (κ2) is 9.59. The number of carbonyl (C=O) groups is 2. The van der Waals surface area contributed by atoms with E-state index in [2.05, 4.69) is 0 Å². The summed E-state index contributed by atoms with van der Waals surface area (Å²) in [4.78, 5) is 23.8. The van der Waals surface area contributed by atoms with Crippen molar-refractivity contribution in [2.24, 2.45) is 0 Å². The van der Waals surface area contributed by atoms with Gasteiger partial charge in [0, 0.05) is 11.1 Å². The Morgan fingerprint density at radius 3 is 2.00 bits per heavy atom. The molecule has 0 amide bonds. The van der Waals surface area contributed by atoms with Crippen molar-refractivity contribution in [2.75, 3.05) is 0 Å². The van der Waals surface area contributed by atoms with Crippen LogP contribution in [0.15, 0.2) is 11.1 Å². The maximum atomic E-state index is 12.4. The largest absolute Gasteiger partial charge is 0.478 e. The first-order valence-electron chi connectivity index (χ1n) is 7.97. The van der Waals surface area contributed by atoms with Crippen LogP contribution < -0.4 is 0 Å². The predicted molar refractivity (Wildman–Crippen MR) is 84.2 cm³/mol. The van der Waals surface area contributed by atoms with Gasteiger partial charge < -0.3 is 9.84 Å². The smallest absolute Gasteiger partial charge is 0.335 e. The second-order valence-corrected chi connectivity index (χ2v) is 6.02. The zero-order chi connectivity index (χ0) is 16.5. The lowest BCUT2D eigenvalue weighted by atomic mass is 9.98. The van der Waals surface area contributed by atoms with Gasteiger partial charge in [0.25, 0.3) is 0 Å². The Morgan fingerprint density at radius 1 is 0.952 bits per heavy atom. The van der Waals surface area contributed by atoms with Crippen molar-refractivity contribution < 1.29 is 19.4 Å². The van der Waals surface area contributed by atoms with Crippen LogP contribution >= 0.6 is 0 Å². The minimum absolute atomic E-state index is 0.211. The van der Waals surface area contributed by atoms with Gasteiger partial charge in [0.1, 0.15) is 5.60 Å². The minimum atomic E-state index is -1.01. The van der Waals surface area contributed by atoms with E-state index in [1.807, 2.05) is 34.6 Å². The number of ether oxygens (including phenoxy) is 1. The van der Waals surface area contributed by atoms with Crippen molar-refractivity contribution in [2.45, 2.75) is 85.2 Å². The molecule has 4 nitrogen and oxygen atoms in total. The Hall–Kier alpha value is -1.32. The van der Waals surface area contributed by atoms with E-state index in [1.165, 1.54) is 0 Å². The van der Waals surface area contributed by atoms with Crippen molar-refractivity contribution in [1.82, 2.24) is 0 Å². The quantitative estimate of drug-likeness (QED) is 0.477. The molecule has 0 radical (unpaired) electrons. The monoisotopic (exact) mass is 298 g/mol. The summed E-state index contributed by atoms with van der Waals surface area (Å²) >= 11 is 0. The fraction of sp³-hybridized carbons (Fsp3) is 0.765. The van der Waals surface area contributed by atoms with Crippen LogP contribution in [0, 0.1) is 0 Å². The van der Waals surface area contributed by atoms with Crippen LogP contribution in [0.5, 0.6) is 0 Å². The number of aliphatic carboxylic acids is 1. The van der Waals surface area contributed by atoms with Gasteiger partial charge in [-0.1, -0.05) is 40.0 Å². The first-order chi connectivity index (χ1) is 9.79. The van der Waals surface area contributed by atoms with Crippen LogP contribution in [0.2, 0.25) is 0 Å². The summed E-state index contributed by atoms with van der Waals surface area (Å²) in [7, 11) is 0. The minimum Gasteiger partial charge on any atom is -0.478 e. The molecule has 0 saturated carbocycles. The van der Waals surface area contributed by atoms with Gasteiger partial charge >= 0.3 is 11.9 Å². The van der Waals surface area contributed by atoms with Crippen molar-refractivity contribution in [3.05, 3.63) is 11.1 Å². The molecule has 0 heterocycles. The third-order valence-electron chi connectivity index (χ3n) is 3.37. The average molecular weight is 298 g/mol. The molecule has 0 rings (SSSR count). The van der Waals surface area contributed by atoms with Crippen LogP contribution in [0.25, 0.3) is 0 Å². The SMILES string of the molecule is CCCC/C(C(=O)OC(C)(C)CCC)=C(\CCC)C(=O)O. The van der Waals surface area contributed by atoms with Gasteiger partial charge in [-0.15, -0.1) is 0 Å². The fourth-order valence-corrected chi connectivity index (χ4v) is 2.33. The number of unbranched alkanes of at least 4 members (excludes halogenated alkanes) is 1. The van der Waals surface area contributed by atoms with E-state index in [0.717, 1.165) is 25.7 Å². The van der Waals surface area contributed by atoms with Gasteiger partial charge in [-0.3, -0.25) is 0 Å². The Labute approximate surface area is 128 Å². The van der Waals surface area contributed by atoms with Crippen LogP contribution in [0.4, 0.5) is 0 Å². The number of carboxylic acids is 1. The molecule has 122 valence electrons. The molecule has 1 N–H and O–H groups in total. The zero-order valence-electron chi connectivity index (χ0n) is 14.1.